The number of thiophene rings is 1. The van der Waals surface area contributed by atoms with Gasteiger partial charge < -0.3 is 36.9 Å². The Morgan fingerprint density at radius 1 is 1.00 bits per heavy atom. The number of rotatable bonds is 12. The van der Waals surface area contributed by atoms with Crippen LogP contribution in [0.1, 0.15) is 27.3 Å². The number of nitrogens with two attached hydrogens (primary N) is 2. The van der Waals surface area contributed by atoms with Gasteiger partial charge in [-0.25, -0.2) is 4.79 Å². The summed E-state index contributed by atoms with van der Waals surface area (Å²) in [5.74, 6) is -2.44. The minimum Gasteiger partial charge on any atom is -0.469 e. The molecule has 1 aromatic carbocycles. The molecule has 1 heterocycles. The standard InChI is InChI=1S/C23H29N7O6S/c1-35-18(32)10-23(30-22(34)36-2,9-13-4-3-5-14(8-13)19(24)25)21(33)29-12-17(31)28-11-15-6-7-16(37-15)20(26)27/h3-8H,9-12H2,1-2H3,(H3,24,25)(H3,26,27)(H,28,31)(H,29,33)(H,30,34)/t23-/m0/s1. The zero-order valence-electron chi connectivity index (χ0n) is 20.3. The van der Waals surface area contributed by atoms with Gasteiger partial charge in [0.2, 0.25) is 11.8 Å². The van der Waals surface area contributed by atoms with Gasteiger partial charge in [0, 0.05) is 16.9 Å². The Balaban J connectivity index is 2.22. The molecule has 0 fully saturated rings. The fourth-order valence-corrected chi connectivity index (χ4v) is 4.14. The molecular formula is C23H29N7O6S. The molecule has 0 spiro atoms. The number of amides is 3. The van der Waals surface area contributed by atoms with Gasteiger partial charge >= 0.3 is 12.1 Å². The monoisotopic (exact) mass is 531 g/mol. The fraction of sp³-hybridized carbons (Fsp3) is 0.304. The summed E-state index contributed by atoms with van der Waals surface area (Å²) >= 11 is 1.25. The van der Waals surface area contributed by atoms with Gasteiger partial charge in [0.05, 0.1) is 38.6 Å². The predicted octanol–water partition coefficient (Wildman–Crippen LogP) is -0.0508. The fourth-order valence-electron chi connectivity index (χ4n) is 3.33. The largest absolute Gasteiger partial charge is 0.469 e. The summed E-state index contributed by atoms with van der Waals surface area (Å²) in [6, 6.07) is 9.77. The second kappa shape index (κ2) is 13.0. The number of hydrogen-bond donors (Lipinski definition) is 7. The summed E-state index contributed by atoms with van der Waals surface area (Å²) in [5.41, 5.74) is 9.97. The minimum atomic E-state index is -1.89. The maximum absolute atomic E-state index is 13.4. The third-order valence-electron chi connectivity index (χ3n) is 5.18. The number of alkyl carbamates (subject to hydrolysis) is 1. The van der Waals surface area contributed by atoms with Crippen molar-refractivity contribution in [3.63, 3.8) is 0 Å². The van der Waals surface area contributed by atoms with Gasteiger partial charge in [0.15, 0.2) is 0 Å². The second-order valence-electron chi connectivity index (χ2n) is 7.88. The molecule has 1 atom stereocenters. The van der Waals surface area contributed by atoms with Crippen LogP contribution in [0.4, 0.5) is 4.79 Å². The molecule has 0 aliphatic heterocycles. The molecule has 3 amide bonds. The van der Waals surface area contributed by atoms with Gasteiger partial charge in [-0.2, -0.15) is 0 Å². The third-order valence-corrected chi connectivity index (χ3v) is 6.29. The Bertz CT molecular complexity index is 1180. The highest BCUT2D eigenvalue weighted by Crippen LogP contribution is 2.21. The van der Waals surface area contributed by atoms with Crippen LogP contribution in [0.15, 0.2) is 36.4 Å². The first-order chi connectivity index (χ1) is 17.5. The maximum Gasteiger partial charge on any atom is 0.407 e. The molecule has 0 aliphatic carbocycles. The van der Waals surface area contributed by atoms with Crippen LogP contribution in [0.2, 0.25) is 0 Å². The normalized spacial score (nSPS) is 11.9. The van der Waals surface area contributed by atoms with Crippen LogP contribution in [0.3, 0.4) is 0 Å². The lowest BCUT2D eigenvalue weighted by Crippen LogP contribution is -2.62. The number of ether oxygens (including phenoxy) is 2. The summed E-state index contributed by atoms with van der Waals surface area (Å²) in [7, 11) is 2.23. The first-order valence-electron chi connectivity index (χ1n) is 10.8. The van der Waals surface area contributed by atoms with Gasteiger partial charge in [-0.05, 0) is 23.8 Å². The number of nitrogen functional groups attached to an aromatic ring is 2. The zero-order chi connectivity index (χ0) is 27.6. The van der Waals surface area contributed by atoms with E-state index in [-0.39, 0.29) is 24.6 Å². The molecule has 0 radical (unpaired) electrons. The molecule has 14 heteroatoms. The molecule has 0 saturated carbocycles. The van der Waals surface area contributed by atoms with Gasteiger partial charge in [0.1, 0.15) is 17.2 Å². The van der Waals surface area contributed by atoms with Gasteiger partial charge in [0.25, 0.3) is 0 Å². The first kappa shape index (κ1) is 28.8. The van der Waals surface area contributed by atoms with Gasteiger partial charge in [-0.1, -0.05) is 18.2 Å². The SMILES string of the molecule is COC(=O)C[C@](Cc1cccc(C(=N)N)c1)(NC(=O)OC)C(=O)NCC(=O)NCc1ccc(C(=N)N)s1. The van der Waals surface area contributed by atoms with Crippen LogP contribution >= 0.6 is 11.3 Å². The van der Waals surface area contributed by atoms with E-state index in [1.807, 2.05) is 0 Å². The molecule has 0 aliphatic rings. The molecular weight excluding hydrogens is 502 g/mol. The number of hydrogen-bond acceptors (Lipinski definition) is 9. The highest BCUT2D eigenvalue weighted by atomic mass is 32.1. The molecule has 0 bridgehead atoms. The summed E-state index contributed by atoms with van der Waals surface area (Å²) in [4.78, 5) is 51.5. The highest BCUT2D eigenvalue weighted by molar-refractivity contribution is 7.14. The average molecular weight is 532 g/mol. The van der Waals surface area contributed by atoms with Crippen molar-refractivity contribution >= 4 is 46.9 Å². The van der Waals surface area contributed by atoms with Gasteiger partial charge in [-0.15, -0.1) is 11.3 Å². The highest BCUT2D eigenvalue weighted by Gasteiger charge is 2.43. The molecule has 9 N–H and O–H groups in total. The molecule has 13 nitrogen and oxygen atoms in total. The number of methoxy groups -OCH3 is 2. The Hall–Kier alpha value is -4.46. The molecule has 1 aromatic heterocycles. The van der Waals surface area contributed by atoms with Crippen LogP contribution in [-0.4, -0.2) is 61.9 Å². The zero-order valence-corrected chi connectivity index (χ0v) is 21.1. The van der Waals surface area contributed by atoms with Crippen LogP contribution in [0, 0.1) is 10.8 Å². The Morgan fingerprint density at radius 2 is 1.73 bits per heavy atom. The van der Waals surface area contributed by atoms with Crippen molar-refractivity contribution in [3.05, 3.63) is 57.3 Å². The van der Waals surface area contributed by atoms with Crippen LogP contribution in [0.5, 0.6) is 0 Å². The van der Waals surface area contributed by atoms with E-state index in [0.29, 0.717) is 16.0 Å². The number of amidine groups is 2. The van der Waals surface area contributed by atoms with Crippen molar-refractivity contribution in [2.24, 2.45) is 11.5 Å². The molecule has 198 valence electrons. The van der Waals surface area contributed by atoms with Crippen molar-refractivity contribution < 1.29 is 28.7 Å². The van der Waals surface area contributed by atoms with Crippen molar-refractivity contribution in [2.45, 2.75) is 24.9 Å². The molecule has 37 heavy (non-hydrogen) atoms. The first-order valence-corrected chi connectivity index (χ1v) is 11.7. The number of nitrogens with one attached hydrogen (secondary N) is 5. The predicted molar refractivity (Wildman–Crippen MR) is 136 cm³/mol. The van der Waals surface area contributed by atoms with Crippen LogP contribution < -0.4 is 27.4 Å². The Kier molecular flexibility index (Phi) is 10.1. The number of esters is 1. The summed E-state index contributed by atoms with van der Waals surface area (Å²) in [6.45, 7) is -0.304. The van der Waals surface area contributed by atoms with E-state index < -0.39 is 42.4 Å². The number of benzene rings is 1. The minimum absolute atomic E-state index is 0.0799. The van der Waals surface area contributed by atoms with Crippen molar-refractivity contribution in [3.8, 4) is 0 Å². The summed E-state index contributed by atoms with van der Waals surface area (Å²) in [6.07, 6.45) is -1.75. The topological polar surface area (TPSA) is 223 Å². The third kappa shape index (κ3) is 8.31. The quantitative estimate of drug-likeness (QED) is 0.111. The average Bonchev–Trinajstić information content (AvgIpc) is 3.35. The van der Waals surface area contributed by atoms with E-state index in [1.165, 1.54) is 11.3 Å². The lowest BCUT2D eigenvalue weighted by atomic mass is 9.85. The number of carbonyl (C=O) groups excluding carboxylic acids is 4. The van der Waals surface area contributed by atoms with Crippen LogP contribution in [0.25, 0.3) is 0 Å². The number of carbonyl (C=O) groups is 4. The van der Waals surface area contributed by atoms with Crippen molar-refractivity contribution in [1.82, 2.24) is 16.0 Å². The smallest absolute Gasteiger partial charge is 0.407 e. The van der Waals surface area contributed by atoms with E-state index in [0.717, 1.165) is 19.1 Å². The molecule has 2 aromatic rings. The Labute approximate surface area is 216 Å². The van der Waals surface area contributed by atoms with Crippen molar-refractivity contribution in [1.29, 1.82) is 10.8 Å². The van der Waals surface area contributed by atoms with E-state index in [2.05, 4.69) is 20.7 Å². The molecule has 2 rings (SSSR count). The van der Waals surface area contributed by atoms with Crippen molar-refractivity contribution in [2.75, 3.05) is 20.8 Å². The van der Waals surface area contributed by atoms with Crippen LogP contribution in [-0.2, 0) is 36.8 Å². The lowest BCUT2D eigenvalue weighted by Gasteiger charge is -2.32. The Morgan fingerprint density at radius 3 is 2.32 bits per heavy atom. The molecule has 0 unspecified atom stereocenters. The lowest BCUT2D eigenvalue weighted by molar-refractivity contribution is -0.145. The van der Waals surface area contributed by atoms with E-state index in [1.54, 1.807) is 36.4 Å². The summed E-state index contributed by atoms with van der Waals surface area (Å²) < 4.78 is 9.40. The van der Waals surface area contributed by atoms with E-state index >= 15 is 0 Å². The second-order valence-corrected chi connectivity index (χ2v) is 9.05. The summed E-state index contributed by atoms with van der Waals surface area (Å²) in [5, 5.41) is 22.6. The molecule has 0 saturated heterocycles. The van der Waals surface area contributed by atoms with E-state index in [4.69, 9.17) is 27.0 Å². The maximum atomic E-state index is 13.4. The van der Waals surface area contributed by atoms with Gasteiger partial charge in [-0.3, -0.25) is 25.2 Å². The van der Waals surface area contributed by atoms with E-state index in [9.17, 15) is 19.2 Å².